The normalized spacial score (nSPS) is 10.8. The molecule has 112 valence electrons. The van der Waals surface area contributed by atoms with E-state index in [1.165, 1.54) is 11.0 Å². The molecule has 0 spiro atoms. The molecular formula is C13H13N7O2. The van der Waals surface area contributed by atoms with Crippen molar-refractivity contribution in [1.82, 2.24) is 24.4 Å². The molecule has 0 radical (unpaired) electrons. The van der Waals surface area contributed by atoms with Crippen LogP contribution in [0.3, 0.4) is 0 Å². The molecule has 22 heavy (non-hydrogen) atoms. The zero-order valence-corrected chi connectivity index (χ0v) is 11.7. The van der Waals surface area contributed by atoms with Crippen LogP contribution in [0.15, 0.2) is 35.4 Å². The third-order valence-electron chi connectivity index (χ3n) is 3.10. The summed E-state index contributed by atoms with van der Waals surface area (Å²) in [6.07, 6.45) is 1.24. The summed E-state index contributed by atoms with van der Waals surface area (Å²) in [5.74, 6) is -0.370. The van der Waals surface area contributed by atoms with Gasteiger partial charge in [0.05, 0.1) is 11.4 Å². The molecule has 9 heteroatoms. The predicted octanol–water partition coefficient (Wildman–Crippen LogP) is 0.140. The number of aryl methyl sites for hydroxylation is 1. The van der Waals surface area contributed by atoms with Gasteiger partial charge in [0.25, 0.3) is 11.7 Å². The van der Waals surface area contributed by atoms with E-state index in [0.29, 0.717) is 17.9 Å². The number of aromatic nitrogens is 5. The monoisotopic (exact) mass is 299 g/mol. The van der Waals surface area contributed by atoms with E-state index in [1.807, 2.05) is 6.92 Å². The van der Waals surface area contributed by atoms with Gasteiger partial charge in [0, 0.05) is 6.54 Å². The molecule has 3 aromatic rings. The van der Waals surface area contributed by atoms with Gasteiger partial charge >= 0.3 is 5.56 Å². The largest absolute Gasteiger partial charge is 0.397 e. The molecule has 0 aliphatic rings. The number of nitrogens with two attached hydrogens (primary N) is 1. The van der Waals surface area contributed by atoms with Crippen LogP contribution in [0.1, 0.15) is 17.4 Å². The summed E-state index contributed by atoms with van der Waals surface area (Å²) >= 11 is 0. The number of nitrogens with zero attached hydrogens (tertiary/aromatic N) is 5. The van der Waals surface area contributed by atoms with Gasteiger partial charge < -0.3 is 11.1 Å². The molecule has 3 N–H and O–H groups in total. The van der Waals surface area contributed by atoms with Crippen molar-refractivity contribution in [3.63, 3.8) is 0 Å². The molecule has 1 aromatic carbocycles. The lowest BCUT2D eigenvalue weighted by Gasteiger charge is -2.09. The smallest absolute Gasteiger partial charge is 0.307 e. The number of hydrogen-bond acceptors (Lipinski definition) is 6. The van der Waals surface area contributed by atoms with Gasteiger partial charge in [-0.3, -0.25) is 9.59 Å². The van der Waals surface area contributed by atoms with Crippen LogP contribution in [0.25, 0.3) is 5.78 Å². The predicted molar refractivity (Wildman–Crippen MR) is 79.5 cm³/mol. The summed E-state index contributed by atoms with van der Waals surface area (Å²) in [7, 11) is 0. The lowest BCUT2D eigenvalue weighted by molar-refractivity contribution is 0.101. The van der Waals surface area contributed by atoms with E-state index in [-0.39, 0.29) is 11.5 Å². The fourth-order valence-corrected chi connectivity index (χ4v) is 2.01. The highest BCUT2D eigenvalue weighted by Gasteiger charge is 2.19. The number of carbonyl (C=O) groups is 1. The number of nitrogen functional groups attached to an aromatic ring is 1. The van der Waals surface area contributed by atoms with Crippen LogP contribution in [0.4, 0.5) is 11.4 Å². The summed E-state index contributed by atoms with van der Waals surface area (Å²) in [6.45, 7) is 2.26. The van der Waals surface area contributed by atoms with Crippen molar-refractivity contribution in [3.8, 4) is 0 Å². The maximum Gasteiger partial charge on any atom is 0.307 e. The van der Waals surface area contributed by atoms with Gasteiger partial charge in [-0.15, -0.1) is 5.10 Å². The van der Waals surface area contributed by atoms with E-state index in [2.05, 4.69) is 20.5 Å². The molecule has 0 fully saturated rings. The molecule has 0 saturated carbocycles. The molecule has 2 heterocycles. The number of rotatable bonds is 3. The zero-order chi connectivity index (χ0) is 15.7. The fraction of sp³-hybridized carbons (Fsp3) is 0.154. The molecule has 3 rings (SSSR count). The van der Waals surface area contributed by atoms with Gasteiger partial charge in [-0.1, -0.05) is 12.1 Å². The fourth-order valence-electron chi connectivity index (χ4n) is 2.01. The Morgan fingerprint density at radius 2 is 2.14 bits per heavy atom. The van der Waals surface area contributed by atoms with Crippen molar-refractivity contribution >= 4 is 23.1 Å². The summed E-state index contributed by atoms with van der Waals surface area (Å²) in [5.41, 5.74) is 5.67. The summed E-state index contributed by atoms with van der Waals surface area (Å²) in [5, 5.41) is 10.4. The van der Waals surface area contributed by atoms with Gasteiger partial charge in [-0.25, -0.2) is 4.68 Å². The first kappa shape index (κ1) is 13.7. The first-order valence-electron chi connectivity index (χ1n) is 6.58. The molecule has 2 aromatic heterocycles. The van der Waals surface area contributed by atoms with E-state index in [0.717, 1.165) is 4.52 Å². The molecule has 0 unspecified atom stereocenters. The van der Waals surface area contributed by atoms with Gasteiger partial charge in [0.2, 0.25) is 5.69 Å². The van der Waals surface area contributed by atoms with E-state index in [1.54, 1.807) is 24.3 Å². The number of benzene rings is 1. The maximum atomic E-state index is 12.3. The SMILES string of the molecule is CCn1nc(C(=O)Nc2ccccc2N)c(=O)n2ncnc12. The average Bonchev–Trinajstić information content (AvgIpc) is 3.00. The van der Waals surface area contributed by atoms with E-state index in [4.69, 9.17) is 5.73 Å². The highest BCUT2D eigenvalue weighted by atomic mass is 16.2. The van der Waals surface area contributed by atoms with Crippen LogP contribution in [0, 0.1) is 0 Å². The molecular weight excluding hydrogens is 286 g/mol. The molecule has 9 nitrogen and oxygen atoms in total. The quantitative estimate of drug-likeness (QED) is 0.664. The minimum Gasteiger partial charge on any atom is -0.397 e. The second kappa shape index (κ2) is 5.28. The Kier molecular flexibility index (Phi) is 3.30. The Morgan fingerprint density at radius 1 is 1.36 bits per heavy atom. The van der Waals surface area contributed by atoms with Crippen LogP contribution < -0.4 is 16.6 Å². The highest BCUT2D eigenvalue weighted by molar-refractivity contribution is 6.04. The van der Waals surface area contributed by atoms with Crippen LogP contribution in [0.5, 0.6) is 0 Å². The van der Waals surface area contributed by atoms with E-state index < -0.39 is 11.5 Å². The van der Waals surface area contributed by atoms with Crippen molar-refractivity contribution in [1.29, 1.82) is 0 Å². The third kappa shape index (κ3) is 2.18. The van der Waals surface area contributed by atoms with Gasteiger partial charge in [0.15, 0.2) is 0 Å². The summed E-state index contributed by atoms with van der Waals surface area (Å²) in [4.78, 5) is 28.5. The molecule has 0 aliphatic carbocycles. The van der Waals surface area contributed by atoms with Crippen LogP contribution in [-0.2, 0) is 6.54 Å². The number of anilines is 2. The topological polar surface area (TPSA) is 120 Å². The number of amides is 1. The lowest BCUT2D eigenvalue weighted by atomic mass is 10.2. The molecule has 0 bridgehead atoms. The van der Waals surface area contributed by atoms with Crippen LogP contribution in [0.2, 0.25) is 0 Å². The summed E-state index contributed by atoms with van der Waals surface area (Å²) in [6, 6.07) is 6.76. The highest BCUT2D eigenvalue weighted by Crippen LogP contribution is 2.16. The van der Waals surface area contributed by atoms with Crippen LogP contribution in [-0.4, -0.2) is 30.3 Å². The Morgan fingerprint density at radius 3 is 2.86 bits per heavy atom. The Balaban J connectivity index is 2.06. The van der Waals surface area contributed by atoms with E-state index in [9.17, 15) is 9.59 Å². The number of carbonyl (C=O) groups excluding carboxylic acids is 1. The lowest BCUT2D eigenvalue weighted by Crippen LogP contribution is -2.32. The number of fused-ring (bicyclic) bond motifs is 1. The number of hydrogen-bond donors (Lipinski definition) is 2. The van der Waals surface area contributed by atoms with Crippen LogP contribution >= 0.6 is 0 Å². The first-order chi connectivity index (χ1) is 10.6. The average molecular weight is 299 g/mol. The number of nitrogens with one attached hydrogen (secondary N) is 1. The standard InChI is InChI=1S/C13H13N7O2/c1-2-19-13-15-7-16-20(13)12(22)10(18-19)11(21)17-9-6-4-3-5-8(9)14/h3-7H,2,14H2,1H3,(H,17,21). The van der Waals surface area contributed by atoms with Crippen molar-refractivity contribution in [3.05, 3.63) is 46.6 Å². The Bertz CT molecular complexity index is 912. The van der Waals surface area contributed by atoms with Gasteiger partial charge in [0.1, 0.15) is 6.33 Å². The molecule has 0 saturated heterocycles. The van der Waals surface area contributed by atoms with E-state index >= 15 is 0 Å². The molecule has 1 amide bonds. The zero-order valence-electron chi connectivity index (χ0n) is 11.7. The van der Waals surface area contributed by atoms with Gasteiger partial charge in [-0.2, -0.15) is 14.6 Å². The summed E-state index contributed by atoms with van der Waals surface area (Å²) < 4.78 is 2.47. The van der Waals surface area contributed by atoms with Crippen molar-refractivity contribution < 1.29 is 4.79 Å². The second-order valence-corrected chi connectivity index (χ2v) is 4.48. The second-order valence-electron chi connectivity index (χ2n) is 4.48. The minimum atomic E-state index is -0.650. The Labute approximate surface area is 124 Å². The minimum absolute atomic E-state index is 0.275. The number of para-hydroxylation sites is 2. The van der Waals surface area contributed by atoms with Gasteiger partial charge in [-0.05, 0) is 19.1 Å². The molecule has 0 atom stereocenters. The van der Waals surface area contributed by atoms with Crippen molar-refractivity contribution in [2.24, 2.45) is 0 Å². The van der Waals surface area contributed by atoms with Crippen molar-refractivity contribution in [2.45, 2.75) is 13.5 Å². The Hall–Kier alpha value is -3.23. The molecule has 0 aliphatic heterocycles. The third-order valence-corrected chi connectivity index (χ3v) is 3.10. The van der Waals surface area contributed by atoms with Crippen molar-refractivity contribution in [2.75, 3.05) is 11.1 Å². The first-order valence-corrected chi connectivity index (χ1v) is 6.58. The maximum absolute atomic E-state index is 12.3.